The van der Waals surface area contributed by atoms with Crippen molar-refractivity contribution in [2.24, 2.45) is 5.92 Å². The lowest BCUT2D eigenvalue weighted by Gasteiger charge is -2.18. The summed E-state index contributed by atoms with van der Waals surface area (Å²) >= 11 is 2.33. The topological polar surface area (TPSA) is 47.0 Å². The molecule has 1 aliphatic rings. The highest BCUT2D eigenvalue weighted by Crippen LogP contribution is 2.42. The summed E-state index contributed by atoms with van der Waals surface area (Å²) in [5.74, 6) is 2.42. The molecule has 1 aromatic rings. The molecule has 1 fully saturated rings. The van der Waals surface area contributed by atoms with Gasteiger partial charge in [-0.2, -0.15) is 0 Å². The third-order valence-corrected chi connectivity index (χ3v) is 4.40. The quantitative estimate of drug-likeness (QED) is 0.741. The van der Waals surface area contributed by atoms with Crippen LogP contribution < -0.4 is 5.32 Å². The van der Waals surface area contributed by atoms with Crippen molar-refractivity contribution in [2.75, 3.05) is 18.5 Å². The molecule has 0 radical (unpaired) electrons. The molecule has 1 atom stereocenters. The predicted octanol–water partition coefficient (Wildman–Crippen LogP) is 3.56. The molecule has 0 aromatic carbocycles. The lowest BCUT2D eigenvalue weighted by atomic mass is 10.2. The van der Waals surface area contributed by atoms with Gasteiger partial charge in [-0.3, -0.25) is 0 Å². The molecule has 106 valence electrons. The van der Waals surface area contributed by atoms with Crippen molar-refractivity contribution in [3.63, 3.8) is 0 Å². The van der Waals surface area contributed by atoms with Crippen molar-refractivity contribution in [3.05, 3.63) is 15.1 Å². The molecule has 1 saturated carbocycles. The number of nitrogens with one attached hydrogen (secondary N) is 1. The molecule has 1 aliphatic carbocycles. The summed E-state index contributed by atoms with van der Waals surface area (Å²) in [6.07, 6.45) is 3.47. The number of rotatable bonds is 7. The zero-order chi connectivity index (χ0) is 13.8. The minimum absolute atomic E-state index is 0.0738. The van der Waals surface area contributed by atoms with Gasteiger partial charge in [0, 0.05) is 13.2 Å². The van der Waals surface area contributed by atoms with Gasteiger partial charge in [-0.05, 0) is 61.6 Å². The standard InChI is InChI=1S/C14H22IN3O/c1-4-10-11(15)13(16-5-2)18-14(17-10)12(19-6-3)9-7-8-9/h9,12H,4-8H2,1-3H3,(H,16,17,18). The van der Waals surface area contributed by atoms with E-state index in [1.807, 2.05) is 6.92 Å². The second-order valence-corrected chi connectivity index (χ2v) is 5.87. The molecule has 4 nitrogen and oxygen atoms in total. The molecule has 19 heavy (non-hydrogen) atoms. The Morgan fingerprint density at radius 3 is 2.58 bits per heavy atom. The minimum atomic E-state index is 0.0738. The summed E-state index contributed by atoms with van der Waals surface area (Å²) in [4.78, 5) is 9.43. The summed E-state index contributed by atoms with van der Waals surface area (Å²) in [6.45, 7) is 7.85. The summed E-state index contributed by atoms with van der Waals surface area (Å²) < 4.78 is 7.01. The molecule has 1 unspecified atom stereocenters. The van der Waals surface area contributed by atoms with Gasteiger partial charge in [0.1, 0.15) is 11.9 Å². The maximum Gasteiger partial charge on any atom is 0.160 e. The third kappa shape index (κ3) is 3.56. The van der Waals surface area contributed by atoms with Gasteiger partial charge in [0.15, 0.2) is 5.82 Å². The highest BCUT2D eigenvalue weighted by Gasteiger charge is 2.35. The Morgan fingerprint density at radius 2 is 2.05 bits per heavy atom. The summed E-state index contributed by atoms with van der Waals surface area (Å²) in [5, 5.41) is 3.33. The Morgan fingerprint density at radius 1 is 1.32 bits per heavy atom. The lowest BCUT2D eigenvalue weighted by Crippen LogP contribution is -2.15. The average Bonchev–Trinajstić information content (AvgIpc) is 3.23. The Hall–Kier alpha value is -0.430. The van der Waals surface area contributed by atoms with Crippen molar-refractivity contribution in [3.8, 4) is 0 Å². The van der Waals surface area contributed by atoms with E-state index in [9.17, 15) is 0 Å². The average molecular weight is 375 g/mol. The van der Waals surface area contributed by atoms with Crippen molar-refractivity contribution in [2.45, 2.75) is 46.1 Å². The summed E-state index contributed by atoms with van der Waals surface area (Å²) in [6, 6.07) is 0. The molecule has 0 aliphatic heterocycles. The molecule has 0 saturated heterocycles. The van der Waals surface area contributed by atoms with Crippen molar-refractivity contribution < 1.29 is 4.74 Å². The molecule has 0 bridgehead atoms. The molecule has 2 rings (SSSR count). The first kappa shape index (κ1) is 15.0. The zero-order valence-electron chi connectivity index (χ0n) is 11.9. The number of aromatic nitrogens is 2. The first-order valence-corrected chi connectivity index (χ1v) is 8.20. The smallest absolute Gasteiger partial charge is 0.160 e. The number of aryl methyl sites for hydroxylation is 1. The van der Waals surface area contributed by atoms with Crippen LogP contribution in [0.1, 0.15) is 51.2 Å². The van der Waals surface area contributed by atoms with Gasteiger partial charge in [-0.15, -0.1) is 0 Å². The summed E-state index contributed by atoms with van der Waals surface area (Å²) in [5.41, 5.74) is 1.12. The Bertz CT molecular complexity index is 435. The molecule has 1 heterocycles. The van der Waals surface area contributed by atoms with Gasteiger partial charge in [0.25, 0.3) is 0 Å². The van der Waals surface area contributed by atoms with E-state index < -0.39 is 0 Å². The van der Waals surface area contributed by atoms with E-state index in [1.165, 1.54) is 12.8 Å². The molecule has 0 spiro atoms. The maximum absolute atomic E-state index is 5.87. The van der Waals surface area contributed by atoms with Crippen LogP contribution in [0, 0.1) is 9.49 Å². The molecule has 5 heteroatoms. The van der Waals surface area contributed by atoms with E-state index >= 15 is 0 Å². The van der Waals surface area contributed by atoms with Gasteiger partial charge in [0.05, 0.1) is 9.26 Å². The van der Waals surface area contributed by atoms with Crippen LogP contribution in [0.4, 0.5) is 5.82 Å². The van der Waals surface area contributed by atoms with Crippen molar-refractivity contribution >= 4 is 28.4 Å². The first-order chi connectivity index (χ1) is 9.21. The third-order valence-electron chi connectivity index (χ3n) is 3.27. The highest BCUT2D eigenvalue weighted by atomic mass is 127. The van der Waals surface area contributed by atoms with Crippen LogP contribution in [0.3, 0.4) is 0 Å². The number of anilines is 1. The largest absolute Gasteiger partial charge is 0.370 e. The molecule has 1 aromatic heterocycles. The SMILES string of the molecule is CCNc1nc(C(OCC)C2CC2)nc(CC)c1I. The fraction of sp³-hybridized carbons (Fsp3) is 0.714. The molecular weight excluding hydrogens is 353 g/mol. The van der Waals surface area contributed by atoms with Gasteiger partial charge >= 0.3 is 0 Å². The van der Waals surface area contributed by atoms with Crippen molar-refractivity contribution in [1.29, 1.82) is 0 Å². The monoisotopic (exact) mass is 375 g/mol. The van der Waals surface area contributed by atoms with Crippen LogP contribution in [0.25, 0.3) is 0 Å². The van der Waals surface area contributed by atoms with Crippen LogP contribution in [-0.4, -0.2) is 23.1 Å². The van der Waals surface area contributed by atoms with Crippen LogP contribution in [0.5, 0.6) is 0 Å². The van der Waals surface area contributed by atoms with Gasteiger partial charge in [-0.25, -0.2) is 9.97 Å². The van der Waals surface area contributed by atoms with Crippen LogP contribution in [0.2, 0.25) is 0 Å². The predicted molar refractivity (Wildman–Crippen MR) is 85.4 cm³/mol. The second-order valence-electron chi connectivity index (χ2n) is 4.79. The van der Waals surface area contributed by atoms with E-state index in [0.717, 1.165) is 33.9 Å². The van der Waals surface area contributed by atoms with E-state index in [2.05, 4.69) is 41.8 Å². The number of ether oxygens (including phenoxy) is 1. The Kier molecular flexibility index (Phi) is 5.38. The van der Waals surface area contributed by atoms with Gasteiger partial charge in [-0.1, -0.05) is 6.92 Å². The van der Waals surface area contributed by atoms with Crippen LogP contribution in [-0.2, 0) is 11.2 Å². The first-order valence-electron chi connectivity index (χ1n) is 7.12. The highest BCUT2D eigenvalue weighted by molar-refractivity contribution is 14.1. The molecule has 1 N–H and O–H groups in total. The minimum Gasteiger partial charge on any atom is -0.370 e. The normalized spacial score (nSPS) is 16.4. The van der Waals surface area contributed by atoms with Crippen molar-refractivity contribution in [1.82, 2.24) is 9.97 Å². The maximum atomic E-state index is 5.87. The zero-order valence-corrected chi connectivity index (χ0v) is 14.0. The fourth-order valence-corrected chi connectivity index (χ4v) is 2.97. The van der Waals surface area contributed by atoms with Gasteiger partial charge in [0.2, 0.25) is 0 Å². The van der Waals surface area contributed by atoms with Crippen LogP contribution >= 0.6 is 22.6 Å². The number of halogens is 1. The Balaban J connectivity index is 2.34. The van der Waals surface area contributed by atoms with Crippen LogP contribution in [0.15, 0.2) is 0 Å². The van der Waals surface area contributed by atoms with E-state index in [4.69, 9.17) is 14.7 Å². The summed E-state index contributed by atoms with van der Waals surface area (Å²) in [7, 11) is 0. The number of nitrogens with zero attached hydrogens (tertiary/aromatic N) is 2. The Labute approximate surface area is 128 Å². The number of hydrogen-bond donors (Lipinski definition) is 1. The van der Waals surface area contributed by atoms with E-state index in [1.54, 1.807) is 0 Å². The molecular formula is C14H22IN3O. The fourth-order valence-electron chi connectivity index (χ4n) is 2.16. The second kappa shape index (κ2) is 6.83. The van der Waals surface area contributed by atoms with E-state index in [0.29, 0.717) is 12.5 Å². The lowest BCUT2D eigenvalue weighted by molar-refractivity contribution is 0.0399. The number of hydrogen-bond acceptors (Lipinski definition) is 4. The van der Waals surface area contributed by atoms with Gasteiger partial charge < -0.3 is 10.1 Å². The van der Waals surface area contributed by atoms with E-state index in [-0.39, 0.29) is 6.10 Å². The molecule has 0 amide bonds.